The summed E-state index contributed by atoms with van der Waals surface area (Å²) in [6, 6.07) is 15.1. The van der Waals surface area contributed by atoms with Gasteiger partial charge < -0.3 is 4.57 Å². The number of nitro groups is 1. The molecule has 3 rings (SSSR count). The van der Waals surface area contributed by atoms with E-state index in [1.54, 1.807) is 23.7 Å². The maximum Gasteiger partial charge on any atom is 0.270 e. The van der Waals surface area contributed by atoms with Gasteiger partial charge in [-0.1, -0.05) is 30.3 Å². The fraction of sp³-hybridized carbons (Fsp3) is 0.0588. The van der Waals surface area contributed by atoms with Crippen LogP contribution in [0.1, 0.15) is 5.56 Å². The average molecular weight is 322 g/mol. The molecule has 0 radical (unpaired) electrons. The Morgan fingerprint density at radius 1 is 1.17 bits per heavy atom. The molecule has 0 fully saturated rings. The third kappa shape index (κ3) is 3.00. The van der Waals surface area contributed by atoms with Gasteiger partial charge in [0.05, 0.1) is 22.3 Å². The van der Waals surface area contributed by atoms with Crippen LogP contribution < -0.4 is 11.0 Å². The minimum atomic E-state index is -0.459. The zero-order valence-electron chi connectivity index (χ0n) is 12.8. The van der Waals surface area contributed by atoms with E-state index in [-0.39, 0.29) is 11.2 Å². The van der Waals surface area contributed by atoms with E-state index in [1.807, 2.05) is 24.3 Å². The second-order valence-electron chi connectivity index (χ2n) is 5.19. The van der Waals surface area contributed by atoms with Gasteiger partial charge in [0.2, 0.25) is 0 Å². The zero-order chi connectivity index (χ0) is 17.1. The number of non-ortho nitro benzene ring substituents is 1. The predicted octanol–water partition coefficient (Wildman–Crippen LogP) is 2.89. The highest BCUT2D eigenvalue weighted by Gasteiger charge is 2.06. The van der Waals surface area contributed by atoms with Crippen molar-refractivity contribution in [1.82, 2.24) is 4.57 Å². The topological polar surface area (TPSA) is 89.5 Å². The first kappa shape index (κ1) is 15.4. The first-order chi connectivity index (χ1) is 11.6. The van der Waals surface area contributed by atoms with E-state index in [0.717, 1.165) is 10.9 Å². The van der Waals surface area contributed by atoms with Gasteiger partial charge in [-0.25, -0.2) is 0 Å². The lowest BCUT2D eigenvalue weighted by atomic mass is 10.2. The fourth-order valence-corrected chi connectivity index (χ4v) is 2.40. The molecule has 0 spiro atoms. The number of fused-ring (bicyclic) bond motifs is 1. The molecule has 24 heavy (non-hydrogen) atoms. The molecule has 0 unspecified atom stereocenters. The summed E-state index contributed by atoms with van der Waals surface area (Å²) in [6.07, 6.45) is 1.47. The van der Waals surface area contributed by atoms with Gasteiger partial charge in [0, 0.05) is 36.2 Å². The van der Waals surface area contributed by atoms with Crippen molar-refractivity contribution in [3.05, 3.63) is 80.6 Å². The summed E-state index contributed by atoms with van der Waals surface area (Å²) in [4.78, 5) is 22.3. The number of hydrogen-bond donors (Lipinski definition) is 1. The van der Waals surface area contributed by atoms with E-state index in [4.69, 9.17) is 0 Å². The number of para-hydroxylation sites is 1. The van der Waals surface area contributed by atoms with Gasteiger partial charge in [-0.15, -0.1) is 0 Å². The highest BCUT2D eigenvalue weighted by atomic mass is 16.6. The lowest BCUT2D eigenvalue weighted by Gasteiger charge is -2.09. The lowest BCUT2D eigenvalue weighted by molar-refractivity contribution is -0.384. The maximum absolute atomic E-state index is 12.0. The average Bonchev–Trinajstić information content (AvgIpc) is 2.59. The number of nitro benzene ring substituents is 1. The molecule has 1 heterocycles. The van der Waals surface area contributed by atoms with Gasteiger partial charge in [0.25, 0.3) is 11.2 Å². The van der Waals surface area contributed by atoms with Gasteiger partial charge in [0.15, 0.2) is 0 Å². The van der Waals surface area contributed by atoms with E-state index in [2.05, 4.69) is 10.5 Å². The van der Waals surface area contributed by atoms with Crippen LogP contribution in [0.15, 0.2) is 64.5 Å². The summed E-state index contributed by atoms with van der Waals surface area (Å²) in [7, 11) is 1.71. The third-order valence-electron chi connectivity index (χ3n) is 3.63. The number of benzene rings is 2. The Balaban J connectivity index is 1.91. The van der Waals surface area contributed by atoms with E-state index in [9.17, 15) is 14.9 Å². The van der Waals surface area contributed by atoms with Crippen LogP contribution in [0.5, 0.6) is 0 Å². The summed E-state index contributed by atoms with van der Waals surface area (Å²) in [6.45, 7) is 0. The number of anilines is 1. The molecule has 2 aromatic carbocycles. The van der Waals surface area contributed by atoms with Crippen molar-refractivity contribution < 1.29 is 4.92 Å². The summed E-state index contributed by atoms with van der Waals surface area (Å²) < 4.78 is 1.56. The minimum absolute atomic E-state index is 0.00187. The van der Waals surface area contributed by atoms with Crippen LogP contribution >= 0.6 is 0 Å². The quantitative estimate of drug-likeness (QED) is 0.454. The van der Waals surface area contributed by atoms with Crippen LogP contribution in [0.25, 0.3) is 10.9 Å². The Hall–Kier alpha value is -3.48. The van der Waals surface area contributed by atoms with Gasteiger partial charge >= 0.3 is 0 Å². The molecule has 1 N–H and O–H groups in total. The van der Waals surface area contributed by atoms with Crippen LogP contribution in [0.3, 0.4) is 0 Å². The van der Waals surface area contributed by atoms with Crippen molar-refractivity contribution in [3.8, 4) is 0 Å². The van der Waals surface area contributed by atoms with Crippen molar-refractivity contribution >= 4 is 28.5 Å². The van der Waals surface area contributed by atoms with Crippen LogP contribution in [-0.2, 0) is 7.05 Å². The van der Waals surface area contributed by atoms with Gasteiger partial charge in [-0.2, -0.15) is 5.10 Å². The first-order valence-electron chi connectivity index (χ1n) is 7.18. The van der Waals surface area contributed by atoms with Crippen LogP contribution in [0.4, 0.5) is 11.4 Å². The second-order valence-corrected chi connectivity index (χ2v) is 5.19. The SMILES string of the molecule is Cn1c(=O)cc(NN=Cc2cccc([N+](=O)[O-])c2)c2ccccc21. The molecule has 3 aromatic rings. The number of rotatable bonds is 4. The van der Waals surface area contributed by atoms with Gasteiger partial charge in [-0.05, 0) is 6.07 Å². The summed E-state index contributed by atoms with van der Waals surface area (Å²) in [5, 5.41) is 15.7. The zero-order valence-corrected chi connectivity index (χ0v) is 12.8. The Kier molecular flexibility index (Phi) is 4.07. The molecule has 0 saturated carbocycles. The number of nitrogens with one attached hydrogen (secondary N) is 1. The lowest BCUT2D eigenvalue weighted by Crippen LogP contribution is -2.16. The van der Waals surface area contributed by atoms with Crippen molar-refractivity contribution in [3.63, 3.8) is 0 Å². The summed E-state index contributed by atoms with van der Waals surface area (Å²) in [5.74, 6) is 0. The van der Waals surface area contributed by atoms with Crippen LogP contribution in [0, 0.1) is 10.1 Å². The molecule has 0 aliphatic heterocycles. The number of nitrogens with zero attached hydrogens (tertiary/aromatic N) is 3. The molecule has 0 amide bonds. The molecule has 0 saturated heterocycles. The molecule has 0 aliphatic rings. The van der Waals surface area contributed by atoms with E-state index >= 15 is 0 Å². The Bertz CT molecular complexity index is 1010. The largest absolute Gasteiger partial charge is 0.311 e. The highest BCUT2D eigenvalue weighted by Crippen LogP contribution is 2.20. The molecular formula is C17H14N4O3. The fourth-order valence-electron chi connectivity index (χ4n) is 2.40. The molecule has 7 heteroatoms. The molecule has 1 aromatic heterocycles. The number of aryl methyl sites for hydroxylation is 1. The Morgan fingerprint density at radius 3 is 2.75 bits per heavy atom. The van der Waals surface area contributed by atoms with Crippen LogP contribution in [-0.4, -0.2) is 15.7 Å². The molecule has 120 valence electrons. The number of hydrogen-bond acceptors (Lipinski definition) is 5. The summed E-state index contributed by atoms with van der Waals surface area (Å²) >= 11 is 0. The molecule has 7 nitrogen and oxygen atoms in total. The van der Waals surface area contributed by atoms with E-state index < -0.39 is 4.92 Å². The normalized spacial score (nSPS) is 11.0. The number of hydrazone groups is 1. The number of aromatic nitrogens is 1. The van der Waals surface area contributed by atoms with Gasteiger partial charge in [0.1, 0.15) is 0 Å². The molecule has 0 atom stereocenters. The smallest absolute Gasteiger partial charge is 0.270 e. The predicted molar refractivity (Wildman–Crippen MR) is 93.5 cm³/mol. The Morgan fingerprint density at radius 2 is 1.96 bits per heavy atom. The van der Waals surface area contributed by atoms with Crippen LogP contribution in [0.2, 0.25) is 0 Å². The summed E-state index contributed by atoms with van der Waals surface area (Å²) in [5.41, 5.74) is 4.64. The Labute approximate surface area is 137 Å². The maximum atomic E-state index is 12.0. The van der Waals surface area contributed by atoms with E-state index in [0.29, 0.717) is 11.3 Å². The van der Waals surface area contributed by atoms with Crippen molar-refractivity contribution in [1.29, 1.82) is 0 Å². The van der Waals surface area contributed by atoms with Crippen molar-refractivity contribution in [2.24, 2.45) is 12.1 Å². The number of pyridine rings is 1. The standard InChI is InChI=1S/C17H14N4O3/c1-20-16-8-3-2-7-14(16)15(10-17(20)22)19-18-11-12-5-4-6-13(9-12)21(23)24/h2-11,19H,1H3. The monoisotopic (exact) mass is 322 g/mol. The molecular weight excluding hydrogens is 308 g/mol. The minimum Gasteiger partial charge on any atom is -0.311 e. The van der Waals surface area contributed by atoms with Gasteiger partial charge in [-0.3, -0.25) is 20.3 Å². The first-order valence-corrected chi connectivity index (χ1v) is 7.18. The highest BCUT2D eigenvalue weighted by molar-refractivity contribution is 5.92. The molecule has 0 aliphatic carbocycles. The van der Waals surface area contributed by atoms with E-state index in [1.165, 1.54) is 24.4 Å². The van der Waals surface area contributed by atoms with Crippen molar-refractivity contribution in [2.45, 2.75) is 0 Å². The van der Waals surface area contributed by atoms with Crippen molar-refractivity contribution in [2.75, 3.05) is 5.43 Å². The second kappa shape index (κ2) is 6.33. The molecule has 0 bridgehead atoms. The third-order valence-corrected chi connectivity index (χ3v) is 3.63.